The molecule has 0 aliphatic carbocycles. The van der Waals surface area contributed by atoms with E-state index in [2.05, 4.69) is 39.3 Å². The number of H-pyrrole nitrogens is 2. The molecule has 400 valence electrons. The highest BCUT2D eigenvalue weighted by Gasteiger charge is 2.51. The van der Waals surface area contributed by atoms with Crippen LogP contribution in [0.5, 0.6) is 0 Å². The van der Waals surface area contributed by atoms with E-state index in [-0.39, 0.29) is 47.3 Å². The molecule has 6 aliphatic heterocycles. The van der Waals surface area contributed by atoms with Crippen LogP contribution in [0.15, 0.2) is 48.5 Å². The number of rotatable bonds is 12. The first-order valence-electron chi connectivity index (χ1n) is 27.0. The van der Waals surface area contributed by atoms with Crippen molar-refractivity contribution in [2.75, 3.05) is 62.4 Å². The second-order valence-electron chi connectivity index (χ2n) is 21.9. The van der Waals surface area contributed by atoms with Crippen molar-refractivity contribution in [1.82, 2.24) is 40.4 Å². The number of hydrogen-bond donors (Lipinski definition) is 6. The summed E-state index contributed by atoms with van der Waals surface area (Å²) < 4.78 is 44.4. The van der Waals surface area contributed by atoms with Crippen molar-refractivity contribution in [2.24, 2.45) is 17.8 Å². The van der Waals surface area contributed by atoms with Crippen molar-refractivity contribution in [3.8, 4) is 0 Å². The topological polar surface area (TPSA) is 222 Å². The van der Waals surface area contributed by atoms with Gasteiger partial charge in [0.25, 0.3) is 0 Å². The van der Waals surface area contributed by atoms with Gasteiger partial charge in [0, 0.05) is 58.3 Å². The van der Waals surface area contributed by atoms with Gasteiger partial charge in [-0.05, 0) is 149 Å². The third-order valence-electron chi connectivity index (χ3n) is 17.6. The minimum Gasteiger partial charge on any atom is -0.465 e. The van der Waals surface area contributed by atoms with Crippen LogP contribution in [0.2, 0.25) is 0 Å². The van der Waals surface area contributed by atoms with Crippen molar-refractivity contribution >= 4 is 57.4 Å². The number of hydrogen-bond acceptors (Lipinski definition) is 10. The quantitative estimate of drug-likeness (QED) is 0.0691. The number of carboxylic acid groups (broad SMARTS) is 2. The van der Waals surface area contributed by atoms with E-state index in [9.17, 15) is 29.4 Å². The predicted molar refractivity (Wildman–Crippen MR) is 275 cm³/mol. The van der Waals surface area contributed by atoms with Gasteiger partial charge < -0.3 is 59.9 Å². The van der Waals surface area contributed by atoms with Crippen molar-refractivity contribution in [3.63, 3.8) is 0 Å². The van der Waals surface area contributed by atoms with Gasteiger partial charge in [0.15, 0.2) is 11.6 Å². The fourth-order valence-electron chi connectivity index (χ4n) is 13.5. The molecule has 1 unspecified atom stereocenters. The van der Waals surface area contributed by atoms with Crippen LogP contribution in [0.25, 0.3) is 22.1 Å². The van der Waals surface area contributed by atoms with E-state index >= 15 is 8.78 Å². The van der Waals surface area contributed by atoms with Crippen LogP contribution in [0.4, 0.5) is 29.7 Å². The van der Waals surface area contributed by atoms with E-state index in [1.807, 2.05) is 41.3 Å². The molecule has 6 saturated heterocycles. The highest BCUT2D eigenvalue weighted by molar-refractivity contribution is 5.87. The average molecular weight is 1040 g/mol. The summed E-state index contributed by atoms with van der Waals surface area (Å²) in [6, 6.07) is 12.1. The summed E-state index contributed by atoms with van der Waals surface area (Å²) in [5.74, 6) is -0.976. The normalized spacial score (nSPS) is 25.8. The van der Waals surface area contributed by atoms with Crippen LogP contribution in [0, 0.1) is 29.4 Å². The number of nitrogens with zero attached hydrogens (tertiary/aromatic N) is 6. The Morgan fingerprint density at radius 2 is 1.17 bits per heavy atom. The first-order chi connectivity index (χ1) is 36.3. The number of imidazole rings is 2. The second-order valence-corrected chi connectivity index (χ2v) is 21.9. The number of aromatic nitrogens is 4. The lowest BCUT2D eigenvalue weighted by Crippen LogP contribution is -2.52. The Labute approximate surface area is 433 Å². The number of piperidine rings is 1. The molecule has 4 amide bonds. The van der Waals surface area contributed by atoms with E-state index in [0.717, 1.165) is 54.3 Å². The Kier molecular flexibility index (Phi) is 14.1. The van der Waals surface area contributed by atoms with Crippen molar-refractivity contribution < 1.29 is 47.6 Å². The Balaban J connectivity index is 0.927. The van der Waals surface area contributed by atoms with Crippen molar-refractivity contribution in [3.05, 3.63) is 82.9 Å². The number of likely N-dealkylation sites (tertiary alicyclic amines) is 2. The maximum absolute atomic E-state index is 16.7. The number of carbonyl (C=O) groups excluding carboxylic acids is 2. The monoisotopic (exact) mass is 1030 g/mol. The molecule has 5 aromatic rings. The zero-order chi connectivity index (χ0) is 52.1. The van der Waals surface area contributed by atoms with Gasteiger partial charge in [-0.2, -0.15) is 0 Å². The molecular weight excluding hydrogens is 967 g/mol. The molecule has 7 atom stereocenters. The molecule has 75 heavy (non-hydrogen) atoms. The number of fused-ring (bicyclic) bond motifs is 2. The highest BCUT2D eigenvalue weighted by Crippen LogP contribution is 2.55. The summed E-state index contributed by atoms with van der Waals surface area (Å²) in [6.45, 7) is 8.25. The smallest absolute Gasteiger partial charge is 0.405 e. The molecule has 20 heteroatoms. The lowest BCUT2D eigenvalue weighted by Gasteiger charge is -2.43. The number of benzene rings is 3. The molecule has 0 bridgehead atoms. The van der Waals surface area contributed by atoms with E-state index < -0.39 is 47.5 Å². The van der Waals surface area contributed by atoms with E-state index in [0.29, 0.717) is 126 Å². The van der Waals surface area contributed by atoms with Gasteiger partial charge in [0.2, 0.25) is 11.8 Å². The number of ether oxygens (including phenoxy) is 2. The van der Waals surface area contributed by atoms with Crippen molar-refractivity contribution in [1.29, 1.82) is 0 Å². The van der Waals surface area contributed by atoms with Crippen LogP contribution in [-0.4, -0.2) is 129 Å². The molecule has 0 radical (unpaired) electrons. The summed E-state index contributed by atoms with van der Waals surface area (Å²) in [5, 5.41) is 24.6. The molecule has 6 aliphatic rings. The molecule has 18 nitrogen and oxygen atoms in total. The fraction of sp³-hybridized carbons (Fsp3) is 0.564. The minimum absolute atomic E-state index is 0.00518. The van der Waals surface area contributed by atoms with Gasteiger partial charge in [-0.15, -0.1) is 0 Å². The Hall–Kier alpha value is -6.54. The lowest BCUT2D eigenvalue weighted by atomic mass is 9.81. The van der Waals surface area contributed by atoms with E-state index in [4.69, 9.17) is 19.4 Å². The number of halogens is 2. The van der Waals surface area contributed by atoms with Crippen molar-refractivity contribution in [2.45, 2.75) is 127 Å². The largest absolute Gasteiger partial charge is 0.465 e. The zero-order valence-electron chi connectivity index (χ0n) is 42.7. The molecule has 11 rings (SSSR count). The standard InChI is InChI=1S/C55H68F2N10O8/c1-31-26-45(34-10-12-39-41(27-34)60-49(58-39)43-8-6-20-65(43)51(68)46(62-53(70)71)32-14-22-74-23-15-32)67(36-29-37(56)48(38(57)30-36)64-18-4-3-5-19-64)55(31,2)35-11-13-40-42(28-35)61-50(59-40)44-9-7-21-66(44)52(69)47(63-54(72)73)33-16-24-75-25-17-33/h10-13,27-33,43-47,62-63H,3-9,14-26H2,1-2H3,(H,58,60)(H,59,61)(H,70,71)(H,72,73)/t31?,43-,44-,45+,46-,47-,55+/m0/s1. The Bertz CT molecular complexity index is 2930. The number of aromatic amines is 2. The summed E-state index contributed by atoms with van der Waals surface area (Å²) >= 11 is 0. The van der Waals surface area contributed by atoms with Gasteiger partial charge in [-0.3, -0.25) is 9.59 Å². The molecule has 8 heterocycles. The maximum Gasteiger partial charge on any atom is 0.405 e. The van der Waals surface area contributed by atoms with Gasteiger partial charge in [-0.1, -0.05) is 19.1 Å². The van der Waals surface area contributed by atoms with E-state index in [1.165, 1.54) is 12.1 Å². The van der Waals surface area contributed by atoms with Crippen LogP contribution in [-0.2, 0) is 24.6 Å². The van der Waals surface area contributed by atoms with Gasteiger partial charge in [0.1, 0.15) is 29.4 Å². The Morgan fingerprint density at radius 1 is 0.667 bits per heavy atom. The molecule has 6 N–H and O–H groups in total. The van der Waals surface area contributed by atoms with E-state index in [1.54, 1.807) is 9.80 Å². The lowest BCUT2D eigenvalue weighted by molar-refractivity contribution is -0.137. The first-order valence-corrected chi connectivity index (χ1v) is 27.0. The summed E-state index contributed by atoms with van der Waals surface area (Å²) in [4.78, 5) is 77.1. The van der Waals surface area contributed by atoms with Crippen LogP contribution in [0.1, 0.15) is 132 Å². The number of anilines is 2. The highest BCUT2D eigenvalue weighted by atomic mass is 19.1. The molecule has 2 aromatic heterocycles. The minimum atomic E-state index is -1.24. The first kappa shape index (κ1) is 50.6. The van der Waals surface area contributed by atoms with Crippen LogP contribution in [0.3, 0.4) is 0 Å². The van der Waals surface area contributed by atoms with Gasteiger partial charge in [-0.25, -0.2) is 28.3 Å². The third kappa shape index (κ3) is 9.61. The summed E-state index contributed by atoms with van der Waals surface area (Å²) in [5.41, 5.74) is 4.21. The number of amides is 4. The maximum atomic E-state index is 16.7. The molecule has 0 spiro atoms. The fourth-order valence-corrected chi connectivity index (χ4v) is 13.5. The zero-order valence-corrected chi connectivity index (χ0v) is 42.7. The second kappa shape index (κ2) is 20.9. The SMILES string of the molecule is CC1C[C@H](c2ccc3[nH]c([C@@H]4CCCN4C(=O)[C@@H](NC(=O)O)C4CCOCC4)nc3c2)N(c2cc(F)c(N3CCCCC3)c(F)c2)[C@@]1(C)c1ccc2[nH]c([C@@H]3CCCN3C(=O)[C@@H](NC(=O)O)C3CCOCC3)nc2c1. The van der Waals surface area contributed by atoms with Gasteiger partial charge in [0.05, 0.1) is 45.7 Å². The number of carbonyl (C=O) groups is 4. The number of nitrogens with one attached hydrogen (secondary N) is 4. The van der Waals surface area contributed by atoms with Crippen LogP contribution < -0.4 is 20.4 Å². The summed E-state index contributed by atoms with van der Waals surface area (Å²) in [6.07, 6.45) is 5.96. The van der Waals surface area contributed by atoms with Gasteiger partial charge >= 0.3 is 12.2 Å². The Morgan fingerprint density at radius 3 is 1.69 bits per heavy atom. The predicted octanol–water partition coefficient (Wildman–Crippen LogP) is 8.66. The van der Waals surface area contributed by atoms with Crippen LogP contribution >= 0.6 is 0 Å². The molecule has 6 fully saturated rings. The third-order valence-corrected chi connectivity index (χ3v) is 17.6. The molecule has 0 saturated carbocycles. The molecular formula is C55H68F2N10O8. The summed E-state index contributed by atoms with van der Waals surface area (Å²) in [7, 11) is 0. The average Bonchev–Trinajstić information content (AvgIpc) is 4.30. The molecule has 3 aromatic carbocycles.